The van der Waals surface area contributed by atoms with E-state index in [0.717, 1.165) is 30.4 Å². The van der Waals surface area contributed by atoms with E-state index in [0.29, 0.717) is 13.0 Å². The topological polar surface area (TPSA) is 73.6 Å². The molecule has 1 aromatic rings. The van der Waals surface area contributed by atoms with E-state index in [1.54, 1.807) is 12.1 Å². The lowest BCUT2D eigenvalue weighted by Gasteiger charge is -2.57. The number of nitrogens with one attached hydrogen (secondary N) is 1. The molecule has 3 atom stereocenters. The van der Waals surface area contributed by atoms with Gasteiger partial charge in [0.1, 0.15) is 11.3 Å². The van der Waals surface area contributed by atoms with Crippen LogP contribution in [0.1, 0.15) is 57.2 Å². The van der Waals surface area contributed by atoms with Crippen LogP contribution in [0.2, 0.25) is 0 Å². The second kappa shape index (κ2) is 7.36. The highest BCUT2D eigenvalue weighted by molar-refractivity contribution is 5.89. The molecule has 0 heterocycles. The molecule has 150 valence electrons. The number of alkyl halides is 2. The number of ether oxygens (including phenoxy) is 2. The van der Waals surface area contributed by atoms with E-state index in [1.807, 2.05) is 20.8 Å². The number of benzene rings is 1. The first kappa shape index (κ1) is 20.0. The van der Waals surface area contributed by atoms with Crippen LogP contribution in [0.25, 0.3) is 0 Å². The highest BCUT2D eigenvalue weighted by Crippen LogP contribution is 2.50. The molecule has 2 aliphatic carbocycles. The average Bonchev–Trinajstić information content (AvgIpc) is 2.60. The number of aryl methyl sites for hydroxylation is 1. The quantitative estimate of drug-likeness (QED) is 0.792. The van der Waals surface area contributed by atoms with Gasteiger partial charge in [0.05, 0.1) is 12.1 Å². The minimum Gasteiger partial charge on any atom is -0.435 e. The average molecular weight is 382 g/mol. The summed E-state index contributed by atoms with van der Waals surface area (Å²) in [5, 5.41) is 3.09. The predicted octanol–water partition coefficient (Wildman–Crippen LogP) is 3.31. The number of carbonyl (C=O) groups excluding carboxylic acids is 1. The molecule has 1 saturated carbocycles. The molecule has 1 aromatic carbocycles. The minimum atomic E-state index is -2.85. The SMILES string of the molecule is CCOC1CC(N)(C(=O)NC2CCCc3cc(OC(F)F)ccc32)C1(C)C. The summed E-state index contributed by atoms with van der Waals surface area (Å²) in [6.07, 6.45) is 2.87. The maximum Gasteiger partial charge on any atom is 0.387 e. The molecular weight excluding hydrogens is 354 g/mol. The zero-order chi connectivity index (χ0) is 19.8. The third-order valence-electron chi connectivity index (χ3n) is 6.19. The van der Waals surface area contributed by atoms with Gasteiger partial charge < -0.3 is 20.5 Å². The van der Waals surface area contributed by atoms with Gasteiger partial charge in [-0.25, -0.2) is 0 Å². The first-order valence-corrected chi connectivity index (χ1v) is 9.48. The normalized spacial score (nSPS) is 29.0. The van der Waals surface area contributed by atoms with E-state index >= 15 is 0 Å². The molecule has 0 saturated heterocycles. The molecule has 0 radical (unpaired) electrons. The summed E-state index contributed by atoms with van der Waals surface area (Å²) < 4.78 is 35.0. The number of hydrogen-bond acceptors (Lipinski definition) is 4. The van der Waals surface area contributed by atoms with Gasteiger partial charge in [-0.3, -0.25) is 4.79 Å². The molecule has 3 unspecified atom stereocenters. The van der Waals surface area contributed by atoms with Gasteiger partial charge in [0, 0.05) is 18.4 Å². The Hall–Kier alpha value is -1.73. The summed E-state index contributed by atoms with van der Waals surface area (Å²) in [6.45, 7) is 3.58. The molecule has 1 amide bonds. The van der Waals surface area contributed by atoms with Gasteiger partial charge in [0.25, 0.3) is 0 Å². The second-order valence-electron chi connectivity index (χ2n) is 8.00. The van der Waals surface area contributed by atoms with E-state index < -0.39 is 17.6 Å². The molecule has 5 nitrogen and oxygen atoms in total. The molecule has 0 spiro atoms. The van der Waals surface area contributed by atoms with Gasteiger partial charge in [-0.1, -0.05) is 19.9 Å². The summed E-state index contributed by atoms with van der Waals surface area (Å²) in [4.78, 5) is 13.0. The Morgan fingerprint density at radius 1 is 1.41 bits per heavy atom. The Kier molecular flexibility index (Phi) is 5.45. The van der Waals surface area contributed by atoms with E-state index in [4.69, 9.17) is 10.5 Å². The van der Waals surface area contributed by atoms with Crippen molar-refractivity contribution in [1.29, 1.82) is 0 Å². The van der Waals surface area contributed by atoms with E-state index in [-0.39, 0.29) is 23.8 Å². The van der Waals surface area contributed by atoms with Gasteiger partial charge >= 0.3 is 6.61 Å². The fourth-order valence-electron chi connectivity index (χ4n) is 4.22. The zero-order valence-electron chi connectivity index (χ0n) is 16.1. The zero-order valence-corrected chi connectivity index (χ0v) is 16.1. The van der Waals surface area contributed by atoms with Crippen molar-refractivity contribution in [3.8, 4) is 5.75 Å². The summed E-state index contributed by atoms with van der Waals surface area (Å²) >= 11 is 0. The Balaban J connectivity index is 1.73. The molecule has 7 heteroatoms. The molecule has 1 fully saturated rings. The third kappa shape index (κ3) is 3.55. The summed E-state index contributed by atoms with van der Waals surface area (Å²) in [5.74, 6) is -0.0417. The predicted molar refractivity (Wildman–Crippen MR) is 97.6 cm³/mol. The lowest BCUT2D eigenvalue weighted by molar-refractivity contribution is -0.171. The summed E-state index contributed by atoms with van der Waals surface area (Å²) in [6, 6.07) is 4.74. The van der Waals surface area contributed by atoms with Gasteiger partial charge in [0.2, 0.25) is 5.91 Å². The number of halogens is 2. The largest absolute Gasteiger partial charge is 0.435 e. The van der Waals surface area contributed by atoms with Gasteiger partial charge in [-0.05, 0) is 49.4 Å². The second-order valence-corrected chi connectivity index (χ2v) is 8.00. The van der Waals surface area contributed by atoms with Gasteiger partial charge in [0.15, 0.2) is 0 Å². The lowest BCUT2D eigenvalue weighted by atomic mass is 9.54. The van der Waals surface area contributed by atoms with E-state index in [1.165, 1.54) is 6.07 Å². The van der Waals surface area contributed by atoms with Crippen LogP contribution in [0, 0.1) is 5.41 Å². The first-order valence-electron chi connectivity index (χ1n) is 9.48. The summed E-state index contributed by atoms with van der Waals surface area (Å²) in [5.41, 5.74) is 6.89. The van der Waals surface area contributed by atoms with Gasteiger partial charge in [-0.2, -0.15) is 8.78 Å². The van der Waals surface area contributed by atoms with Crippen molar-refractivity contribution in [2.75, 3.05) is 6.61 Å². The number of hydrogen-bond donors (Lipinski definition) is 2. The van der Waals surface area contributed by atoms with Crippen molar-refractivity contribution >= 4 is 5.91 Å². The van der Waals surface area contributed by atoms with Crippen molar-refractivity contribution < 1.29 is 23.0 Å². The van der Waals surface area contributed by atoms with Crippen LogP contribution in [0.5, 0.6) is 5.75 Å². The molecule has 27 heavy (non-hydrogen) atoms. The van der Waals surface area contributed by atoms with Crippen LogP contribution in [-0.2, 0) is 16.0 Å². The number of rotatable bonds is 6. The molecule has 0 bridgehead atoms. The molecule has 3 N–H and O–H groups in total. The van der Waals surface area contributed by atoms with Crippen LogP contribution < -0.4 is 15.8 Å². The van der Waals surface area contributed by atoms with E-state index in [9.17, 15) is 13.6 Å². The first-order chi connectivity index (χ1) is 12.7. The van der Waals surface area contributed by atoms with Crippen LogP contribution in [0.4, 0.5) is 8.78 Å². The lowest BCUT2D eigenvalue weighted by Crippen LogP contribution is -2.75. The van der Waals surface area contributed by atoms with Crippen LogP contribution >= 0.6 is 0 Å². The highest BCUT2D eigenvalue weighted by Gasteiger charge is 2.63. The van der Waals surface area contributed by atoms with Crippen LogP contribution in [0.15, 0.2) is 18.2 Å². The van der Waals surface area contributed by atoms with Crippen LogP contribution in [0.3, 0.4) is 0 Å². The highest BCUT2D eigenvalue weighted by atomic mass is 19.3. The third-order valence-corrected chi connectivity index (χ3v) is 6.19. The molecule has 3 rings (SSSR count). The molecule has 0 aromatic heterocycles. The van der Waals surface area contributed by atoms with Gasteiger partial charge in [-0.15, -0.1) is 0 Å². The summed E-state index contributed by atoms with van der Waals surface area (Å²) in [7, 11) is 0. The molecular formula is C20H28F2N2O3. The van der Waals surface area contributed by atoms with Crippen molar-refractivity contribution in [2.45, 2.75) is 70.8 Å². The van der Waals surface area contributed by atoms with Crippen molar-refractivity contribution in [2.24, 2.45) is 11.1 Å². The van der Waals surface area contributed by atoms with Crippen LogP contribution in [-0.4, -0.2) is 30.8 Å². The fraction of sp³-hybridized carbons (Fsp3) is 0.650. The Bertz CT molecular complexity index is 710. The Morgan fingerprint density at radius 3 is 2.78 bits per heavy atom. The number of nitrogens with two attached hydrogens (primary N) is 1. The standard InChI is InChI=1S/C20H28F2N2O3/c1-4-26-16-11-20(23,19(16,2)3)17(25)24-15-7-5-6-12-10-13(27-18(21)22)8-9-14(12)15/h8-10,15-16,18H,4-7,11,23H2,1-3H3,(H,24,25). The monoisotopic (exact) mass is 382 g/mol. The van der Waals surface area contributed by atoms with Crippen molar-refractivity contribution in [3.05, 3.63) is 29.3 Å². The number of carbonyl (C=O) groups is 1. The molecule has 0 aliphatic heterocycles. The minimum absolute atomic E-state index is 0.0362. The Labute approximate surface area is 158 Å². The van der Waals surface area contributed by atoms with E-state index in [2.05, 4.69) is 10.1 Å². The Morgan fingerprint density at radius 2 is 2.15 bits per heavy atom. The maximum absolute atomic E-state index is 13.0. The molecule has 2 aliphatic rings. The number of fused-ring (bicyclic) bond motifs is 1. The maximum atomic E-state index is 13.0. The van der Waals surface area contributed by atoms with Crippen molar-refractivity contribution in [3.63, 3.8) is 0 Å². The smallest absolute Gasteiger partial charge is 0.387 e. The number of amides is 1. The fourth-order valence-corrected chi connectivity index (χ4v) is 4.22. The van der Waals surface area contributed by atoms with Crippen molar-refractivity contribution in [1.82, 2.24) is 5.32 Å².